The number of aromatic hydroxyl groups is 1. The zero-order valence-corrected chi connectivity index (χ0v) is 33.6. The van der Waals surface area contributed by atoms with Crippen molar-refractivity contribution in [3.05, 3.63) is 114 Å². The second kappa shape index (κ2) is 18.1. The summed E-state index contributed by atoms with van der Waals surface area (Å²) < 4.78 is 31.9. The van der Waals surface area contributed by atoms with Gasteiger partial charge >= 0.3 is 0 Å². The predicted molar refractivity (Wildman–Crippen MR) is 211 cm³/mol. The second-order valence-corrected chi connectivity index (χ2v) is 13.9. The van der Waals surface area contributed by atoms with E-state index in [1.807, 2.05) is 30.4 Å². The van der Waals surface area contributed by atoms with Gasteiger partial charge in [0.2, 0.25) is 12.5 Å². The molecule has 0 saturated heterocycles. The van der Waals surface area contributed by atoms with Crippen LogP contribution in [0.1, 0.15) is 60.8 Å². The van der Waals surface area contributed by atoms with Gasteiger partial charge in [0.05, 0.1) is 31.8 Å². The zero-order chi connectivity index (χ0) is 36.7. The first-order chi connectivity index (χ1) is 26.0. The summed E-state index contributed by atoms with van der Waals surface area (Å²) >= 11 is 0. The average molecular weight is 840 g/mol. The van der Waals surface area contributed by atoms with Crippen molar-refractivity contribution in [1.29, 1.82) is 0 Å². The number of rotatable bonds is 17. The van der Waals surface area contributed by atoms with Crippen LogP contribution in [0, 0.1) is 0 Å². The lowest BCUT2D eigenvalue weighted by Crippen LogP contribution is -3.00. The van der Waals surface area contributed by atoms with E-state index in [4.69, 9.17) is 23.7 Å². The maximum atomic E-state index is 10.3. The Morgan fingerprint density at radius 2 is 1.54 bits per heavy atom. The largest absolute Gasteiger partial charge is 1.00 e. The number of aromatic nitrogens is 1. The standard InChI is InChI=1S/C46H49NO6.HI/c1-5-13-31-16-20-41(37(25-31)32-17-19-40(48)34(26-32)14-6-2)51-24-12-10-8-7-9-11-15-36-35-18-21-42(49-3)46(50-4)39(35)29-47-23-22-33-27-43-44(53-30-52-43)28-38(33)45(36)47;/h5-6,16-21,25-29H,1-2,7-15,22-24,30H2,3-4H3;1H. The summed E-state index contributed by atoms with van der Waals surface area (Å²) in [7, 11) is 3.41. The second-order valence-electron chi connectivity index (χ2n) is 13.9. The van der Waals surface area contributed by atoms with Gasteiger partial charge in [-0.1, -0.05) is 50.0 Å². The first-order valence-corrected chi connectivity index (χ1v) is 18.9. The molecule has 2 aliphatic heterocycles. The van der Waals surface area contributed by atoms with E-state index in [0.29, 0.717) is 13.0 Å². The van der Waals surface area contributed by atoms with Crippen molar-refractivity contribution in [3.63, 3.8) is 0 Å². The molecule has 4 aromatic carbocycles. The minimum Gasteiger partial charge on any atom is -1.00 e. The first-order valence-electron chi connectivity index (χ1n) is 18.9. The summed E-state index contributed by atoms with van der Waals surface area (Å²) in [6, 6.07) is 20.6. The third-order valence-corrected chi connectivity index (χ3v) is 10.5. The number of hydrogen-bond acceptors (Lipinski definition) is 6. The highest BCUT2D eigenvalue weighted by molar-refractivity contribution is 5.95. The number of methoxy groups -OCH3 is 2. The van der Waals surface area contributed by atoms with Crippen LogP contribution in [0.15, 0.2) is 92.2 Å². The molecule has 0 aliphatic carbocycles. The highest BCUT2D eigenvalue weighted by Crippen LogP contribution is 2.44. The third-order valence-electron chi connectivity index (χ3n) is 10.5. The lowest BCUT2D eigenvalue weighted by molar-refractivity contribution is -0.686. The number of benzene rings is 4. The van der Waals surface area contributed by atoms with Crippen molar-refractivity contribution < 1.29 is 57.3 Å². The molecule has 0 saturated carbocycles. The van der Waals surface area contributed by atoms with E-state index in [0.717, 1.165) is 109 Å². The van der Waals surface area contributed by atoms with E-state index >= 15 is 0 Å². The number of hydrogen-bond donors (Lipinski definition) is 1. The number of aryl methyl sites for hydroxylation is 3. The molecule has 282 valence electrons. The Labute approximate surface area is 336 Å². The smallest absolute Gasteiger partial charge is 0.231 e. The molecule has 7 nitrogen and oxygen atoms in total. The Morgan fingerprint density at radius 3 is 2.31 bits per heavy atom. The van der Waals surface area contributed by atoms with Crippen molar-refractivity contribution in [2.24, 2.45) is 0 Å². The molecule has 0 spiro atoms. The maximum absolute atomic E-state index is 10.3. The number of nitrogens with zero attached hydrogens (tertiary/aromatic N) is 1. The topological polar surface area (TPSA) is 70.3 Å². The number of ether oxygens (including phenoxy) is 5. The number of halogens is 1. The van der Waals surface area contributed by atoms with Gasteiger partial charge in [0, 0.05) is 22.9 Å². The van der Waals surface area contributed by atoms with Crippen molar-refractivity contribution in [2.45, 2.75) is 70.8 Å². The number of phenols is 1. The Bertz CT molecular complexity index is 2140. The van der Waals surface area contributed by atoms with Gasteiger partial charge in [0.1, 0.15) is 11.5 Å². The molecule has 5 aromatic rings. The lowest BCUT2D eigenvalue weighted by atomic mass is 9.89. The number of allylic oxidation sites excluding steroid dienone is 2. The molecular formula is C46H50INO6. The van der Waals surface area contributed by atoms with Gasteiger partial charge in [0.25, 0.3) is 0 Å². The van der Waals surface area contributed by atoms with Crippen LogP contribution in [-0.4, -0.2) is 32.7 Å². The molecule has 1 N–H and O–H groups in total. The van der Waals surface area contributed by atoms with Gasteiger partial charge in [-0.25, -0.2) is 0 Å². The summed E-state index contributed by atoms with van der Waals surface area (Å²) in [5.74, 6) is 4.33. The predicted octanol–water partition coefficient (Wildman–Crippen LogP) is 6.89. The molecule has 0 fully saturated rings. The van der Waals surface area contributed by atoms with Gasteiger partial charge < -0.3 is 52.8 Å². The molecule has 3 heterocycles. The molecular weight excluding hydrogens is 789 g/mol. The monoisotopic (exact) mass is 839 g/mol. The normalized spacial score (nSPS) is 12.4. The molecule has 7 rings (SSSR count). The van der Waals surface area contributed by atoms with Gasteiger partial charge in [-0.2, -0.15) is 4.57 Å². The summed E-state index contributed by atoms with van der Waals surface area (Å²) in [6.45, 7) is 9.57. The minimum absolute atomic E-state index is 0. The number of pyridine rings is 1. The molecule has 0 atom stereocenters. The molecule has 2 aliphatic rings. The van der Waals surface area contributed by atoms with Crippen LogP contribution in [0.4, 0.5) is 0 Å². The van der Waals surface area contributed by atoms with Crippen molar-refractivity contribution in [1.82, 2.24) is 0 Å². The molecule has 8 heteroatoms. The summed E-state index contributed by atoms with van der Waals surface area (Å²) in [5.41, 5.74) is 9.24. The van der Waals surface area contributed by atoms with E-state index in [1.54, 1.807) is 20.3 Å². The minimum atomic E-state index is 0. The highest BCUT2D eigenvalue weighted by Gasteiger charge is 2.32. The molecule has 0 amide bonds. The van der Waals surface area contributed by atoms with Crippen LogP contribution < -0.4 is 52.2 Å². The SMILES string of the molecule is C=CCc1ccc(OCCCCCCCCc2c3[n+](cc4c(OC)c(OC)ccc24)CCc2cc4c(cc2-3)OCO4)c(-c2ccc(O)c(CC=C)c2)c1.[I-]. The van der Waals surface area contributed by atoms with Crippen LogP contribution >= 0.6 is 0 Å². The van der Waals surface area contributed by atoms with Crippen LogP contribution in [0.3, 0.4) is 0 Å². The third kappa shape index (κ3) is 8.19. The molecule has 1 aromatic heterocycles. The van der Waals surface area contributed by atoms with E-state index in [9.17, 15) is 5.11 Å². The van der Waals surface area contributed by atoms with Crippen molar-refractivity contribution >= 4 is 10.8 Å². The van der Waals surface area contributed by atoms with Crippen LogP contribution in [0.5, 0.6) is 34.5 Å². The van der Waals surface area contributed by atoms with E-state index in [2.05, 4.69) is 60.3 Å². The molecule has 0 radical (unpaired) electrons. The Kier molecular flexibility index (Phi) is 13.1. The van der Waals surface area contributed by atoms with Gasteiger partial charge in [0.15, 0.2) is 35.7 Å². The first kappa shape index (κ1) is 39.0. The number of fused-ring (bicyclic) bond motifs is 5. The summed E-state index contributed by atoms with van der Waals surface area (Å²) in [5, 5.41) is 12.6. The van der Waals surface area contributed by atoms with Gasteiger partial charge in [-0.15, -0.1) is 13.2 Å². The number of phenolic OH excluding ortho intramolecular Hbond substituents is 1. The maximum Gasteiger partial charge on any atom is 0.231 e. The van der Waals surface area contributed by atoms with Gasteiger partial charge in [-0.3, -0.25) is 0 Å². The van der Waals surface area contributed by atoms with Crippen molar-refractivity contribution in [2.75, 3.05) is 27.6 Å². The van der Waals surface area contributed by atoms with Crippen LogP contribution in [0.25, 0.3) is 33.2 Å². The van der Waals surface area contributed by atoms with Crippen molar-refractivity contribution in [3.8, 4) is 56.9 Å². The quantitative estimate of drug-likeness (QED) is 0.0477. The molecule has 0 unspecified atom stereocenters. The number of unbranched alkanes of at least 4 members (excludes halogenated alkanes) is 5. The summed E-state index contributed by atoms with van der Waals surface area (Å²) in [6.07, 6.45) is 15.9. The average Bonchev–Trinajstić information content (AvgIpc) is 3.64. The summed E-state index contributed by atoms with van der Waals surface area (Å²) in [4.78, 5) is 0. The van der Waals surface area contributed by atoms with Gasteiger partial charge in [-0.05, 0) is 103 Å². The Balaban J connectivity index is 0.00000497. The van der Waals surface area contributed by atoms with E-state index < -0.39 is 0 Å². The molecule has 54 heavy (non-hydrogen) atoms. The fourth-order valence-electron chi connectivity index (χ4n) is 7.85. The fourth-order valence-corrected chi connectivity index (χ4v) is 7.85. The van der Waals surface area contributed by atoms with E-state index in [1.165, 1.54) is 39.8 Å². The Hall–Kier alpha value is -4.70. The van der Waals surface area contributed by atoms with Crippen LogP contribution in [0.2, 0.25) is 0 Å². The van der Waals surface area contributed by atoms with E-state index in [-0.39, 0.29) is 36.5 Å². The fraction of sp³-hybridized carbons (Fsp3) is 0.326. The zero-order valence-electron chi connectivity index (χ0n) is 31.4. The molecule has 0 bridgehead atoms. The lowest BCUT2D eigenvalue weighted by Gasteiger charge is -2.21. The Morgan fingerprint density at radius 1 is 0.778 bits per heavy atom. The van der Waals surface area contributed by atoms with Crippen LogP contribution in [-0.2, 0) is 32.2 Å². The highest BCUT2D eigenvalue weighted by atomic mass is 127.